The summed E-state index contributed by atoms with van der Waals surface area (Å²) in [7, 11) is -4.31. The molecule has 2 aliphatic rings. The molecule has 2 atom stereocenters. The lowest BCUT2D eigenvalue weighted by molar-refractivity contribution is -0.655. The molecule has 0 bridgehead atoms. The molecule has 0 radical (unpaired) electrons. The second-order valence-electron chi connectivity index (χ2n) is 7.19. The summed E-state index contributed by atoms with van der Waals surface area (Å²) in [5, 5.41) is 10.3. The van der Waals surface area contributed by atoms with E-state index in [2.05, 4.69) is 15.9 Å². The quantitative estimate of drug-likeness (QED) is 0.262. The number of hydrogen-bond donors (Lipinski definition) is 2. The van der Waals surface area contributed by atoms with E-state index in [9.17, 15) is 22.9 Å². The zero-order chi connectivity index (χ0) is 22.1. The van der Waals surface area contributed by atoms with Gasteiger partial charge in [0.15, 0.2) is 10.7 Å². The Morgan fingerprint density at radius 1 is 1.35 bits per heavy atom. The van der Waals surface area contributed by atoms with E-state index in [0.717, 1.165) is 28.9 Å². The molecule has 13 heteroatoms. The van der Waals surface area contributed by atoms with Crippen molar-refractivity contribution in [1.82, 2.24) is 4.48 Å². The van der Waals surface area contributed by atoms with Crippen molar-refractivity contribution in [2.45, 2.75) is 23.2 Å². The number of quaternary nitrogens is 1. The van der Waals surface area contributed by atoms with Crippen molar-refractivity contribution in [3.8, 4) is 0 Å². The lowest BCUT2D eigenvalue weighted by Gasteiger charge is -2.47. The molecule has 2 unspecified atom stereocenters. The maximum atomic E-state index is 12.2. The van der Waals surface area contributed by atoms with Gasteiger partial charge in [-0.05, 0) is 45.9 Å². The molecule has 1 fully saturated rings. The normalized spacial score (nSPS) is 24.1. The van der Waals surface area contributed by atoms with Gasteiger partial charge in [-0.1, -0.05) is 34.3 Å². The zero-order valence-electron chi connectivity index (χ0n) is 15.5. The molecule has 2 aromatic heterocycles. The molecular weight excluding hydrogens is 568 g/mol. The predicted octanol–water partition coefficient (Wildman–Crippen LogP) is 4.78. The average Bonchev–Trinajstić information content (AvgIpc) is 3.23. The number of carboxylic acids is 1. The van der Waals surface area contributed by atoms with Crippen LogP contribution in [0.4, 0.5) is 5.69 Å². The smallest absolute Gasteiger partial charge is 0.370 e. The number of halogens is 2. The molecule has 3 aromatic rings. The van der Waals surface area contributed by atoms with Crippen molar-refractivity contribution in [1.29, 1.82) is 0 Å². The Morgan fingerprint density at radius 3 is 2.77 bits per heavy atom. The van der Waals surface area contributed by atoms with E-state index >= 15 is 0 Å². The van der Waals surface area contributed by atoms with E-state index in [1.807, 2.05) is 18.2 Å². The molecule has 7 nitrogen and oxygen atoms in total. The van der Waals surface area contributed by atoms with E-state index in [1.54, 1.807) is 16.7 Å². The van der Waals surface area contributed by atoms with Crippen LogP contribution in [0.5, 0.6) is 0 Å². The van der Waals surface area contributed by atoms with Crippen molar-refractivity contribution >= 4 is 99.3 Å². The van der Waals surface area contributed by atoms with Crippen LogP contribution in [0.25, 0.3) is 15.6 Å². The molecule has 2 aliphatic heterocycles. The largest absolute Gasteiger partial charge is 0.477 e. The third kappa shape index (κ3) is 3.48. The molecule has 5 rings (SSSR count). The van der Waals surface area contributed by atoms with Gasteiger partial charge in [0.2, 0.25) is 11.9 Å². The fourth-order valence-electron chi connectivity index (χ4n) is 4.11. The summed E-state index contributed by atoms with van der Waals surface area (Å²) in [4.78, 5) is 13.2. The molecule has 0 saturated carbocycles. The van der Waals surface area contributed by atoms with E-state index in [-0.39, 0.29) is 11.0 Å². The van der Waals surface area contributed by atoms with Crippen molar-refractivity contribution in [2.75, 3.05) is 6.54 Å². The summed E-state index contributed by atoms with van der Waals surface area (Å²) >= 11 is 14.0. The number of fused-ring (bicyclic) bond motifs is 3. The Hall–Kier alpha value is -0.990. The first kappa shape index (κ1) is 21.8. The highest BCUT2D eigenvalue weighted by Crippen LogP contribution is 2.58. The predicted molar refractivity (Wildman–Crippen MR) is 127 cm³/mol. The number of rotatable bonds is 4. The van der Waals surface area contributed by atoms with Crippen LogP contribution in [0.3, 0.4) is 0 Å². The van der Waals surface area contributed by atoms with Crippen LogP contribution in [0, 0.1) is 0 Å². The molecule has 4 heterocycles. The maximum absolute atomic E-state index is 12.2. The number of thiophene rings is 1. The molecule has 162 valence electrons. The molecule has 1 saturated heterocycles. The van der Waals surface area contributed by atoms with Crippen molar-refractivity contribution in [2.24, 2.45) is 0 Å². The van der Waals surface area contributed by atoms with E-state index < -0.39 is 21.5 Å². The van der Waals surface area contributed by atoms with Gasteiger partial charge >= 0.3 is 16.1 Å². The topological polar surface area (TPSA) is 95.5 Å². The summed E-state index contributed by atoms with van der Waals surface area (Å²) in [6.07, 6.45) is 2.18. The van der Waals surface area contributed by atoms with Crippen LogP contribution in [0.1, 0.15) is 11.4 Å². The summed E-state index contributed by atoms with van der Waals surface area (Å²) in [6, 6.07) is 7.28. The number of carboxylic acid groups (broad SMARTS) is 1. The maximum Gasteiger partial charge on any atom is 0.370 e. The number of nitrogens with zero attached hydrogens (tertiary/aromatic N) is 2. The third-order valence-electron chi connectivity index (χ3n) is 5.44. The Morgan fingerprint density at radius 2 is 2.13 bits per heavy atom. The number of thioether (sulfide) groups is 1. The second-order valence-corrected chi connectivity index (χ2v) is 13.7. The van der Waals surface area contributed by atoms with Crippen LogP contribution in [0.2, 0.25) is 5.02 Å². The molecule has 1 spiro atoms. The van der Waals surface area contributed by atoms with Gasteiger partial charge in [-0.2, -0.15) is 13.0 Å². The molecular formula is C18H14BrClN2O5S4+2. The number of carbonyl (C=O) groups is 1. The van der Waals surface area contributed by atoms with E-state index in [1.165, 1.54) is 34.4 Å². The molecule has 1 aromatic carbocycles. The van der Waals surface area contributed by atoms with Crippen molar-refractivity contribution < 1.29 is 27.4 Å². The first-order valence-corrected chi connectivity index (χ1v) is 14.1. The number of benzene rings is 1. The monoisotopic (exact) mass is 580 g/mol. The number of aromatic nitrogens is 1. The van der Waals surface area contributed by atoms with Crippen molar-refractivity contribution in [3.05, 3.63) is 43.1 Å². The van der Waals surface area contributed by atoms with Crippen LogP contribution in [0.15, 0.2) is 38.0 Å². The first-order valence-electron chi connectivity index (χ1n) is 8.97. The first-order chi connectivity index (χ1) is 14.6. The van der Waals surface area contributed by atoms with Gasteiger partial charge in [-0.25, -0.2) is 9.28 Å². The van der Waals surface area contributed by atoms with Gasteiger partial charge in [0, 0.05) is 11.1 Å². The minimum atomic E-state index is -4.31. The van der Waals surface area contributed by atoms with Crippen molar-refractivity contribution in [3.63, 3.8) is 0 Å². The third-order valence-corrected chi connectivity index (χ3v) is 11.0. The number of aliphatic carboxylic acids is 1. The molecule has 0 amide bonds. The van der Waals surface area contributed by atoms with Crippen LogP contribution < -0.4 is 9.05 Å². The lowest BCUT2D eigenvalue weighted by Crippen LogP contribution is -2.66. The number of hydrogen-bond acceptors (Lipinski definition) is 6. The fourth-order valence-corrected chi connectivity index (χ4v) is 10.00. The standard InChI is InChI=1S/C18H12BrClN2O5S4/c19-13-6-12-18(30-13)21(8-17(23)24)14(28-12)7-15-22(4-3-16(22)31(25,26)27)10-5-9(20)1-2-11(10)29-15/h1-2,5-7,16H,3-4,8H2/p+2. The second kappa shape index (κ2) is 7.52. The van der Waals surface area contributed by atoms with Gasteiger partial charge < -0.3 is 5.11 Å². The Bertz CT molecular complexity index is 1400. The SMILES string of the molecule is O=C(O)C[n+]1c(C=C2Sc3ccc(Cl)cc3[N+]23CCC3S(=O)(=O)O)sc2cc(Br)sc21. The van der Waals surface area contributed by atoms with Gasteiger partial charge in [-0.3, -0.25) is 4.55 Å². The Labute approximate surface area is 203 Å². The van der Waals surface area contributed by atoms with E-state index in [4.69, 9.17) is 11.6 Å². The van der Waals surface area contributed by atoms with Crippen LogP contribution in [-0.2, 0) is 21.5 Å². The summed E-state index contributed by atoms with van der Waals surface area (Å²) in [5.41, 5.74) is 0.739. The highest BCUT2D eigenvalue weighted by Gasteiger charge is 2.62. The van der Waals surface area contributed by atoms with Gasteiger partial charge in [0.1, 0.15) is 4.70 Å². The average molecular weight is 582 g/mol. The van der Waals surface area contributed by atoms with Gasteiger partial charge in [0.05, 0.1) is 27.7 Å². The Balaban J connectivity index is 1.71. The zero-order valence-corrected chi connectivity index (χ0v) is 21.1. The minimum absolute atomic E-state index is 0.0261. The Kier molecular flexibility index (Phi) is 5.30. The van der Waals surface area contributed by atoms with Crippen LogP contribution >= 0.6 is 62.0 Å². The summed E-state index contributed by atoms with van der Waals surface area (Å²) in [6.45, 7) is 0.290. The summed E-state index contributed by atoms with van der Waals surface area (Å²) < 4.78 is 37.9. The van der Waals surface area contributed by atoms with E-state index in [0.29, 0.717) is 23.0 Å². The number of thiazole rings is 1. The molecule has 2 N–H and O–H groups in total. The minimum Gasteiger partial charge on any atom is -0.477 e. The van der Waals surface area contributed by atoms with Gasteiger partial charge in [0.25, 0.3) is 9.84 Å². The highest BCUT2D eigenvalue weighted by atomic mass is 79.9. The van der Waals surface area contributed by atoms with Crippen LogP contribution in [-0.4, -0.2) is 36.0 Å². The lowest BCUT2D eigenvalue weighted by atomic mass is 10.1. The fraction of sp³-hybridized carbons (Fsp3) is 0.222. The molecule has 31 heavy (non-hydrogen) atoms. The summed E-state index contributed by atoms with van der Waals surface area (Å²) in [5.74, 6) is -0.966. The van der Waals surface area contributed by atoms with Gasteiger partial charge in [-0.15, -0.1) is 0 Å². The highest BCUT2D eigenvalue weighted by molar-refractivity contribution is 9.11. The molecule has 0 aliphatic carbocycles.